The zero-order valence-corrected chi connectivity index (χ0v) is 23.8. The van der Waals surface area contributed by atoms with Crippen LogP contribution in [0.4, 0.5) is 0 Å². The van der Waals surface area contributed by atoms with Gasteiger partial charge in [0.05, 0.1) is 6.26 Å². The Balaban J connectivity index is 1.28. The lowest BCUT2D eigenvalue weighted by Crippen LogP contribution is -2.71. The Hall–Kier alpha value is -4.84. The highest BCUT2D eigenvalue weighted by Crippen LogP contribution is 2.41. The summed E-state index contributed by atoms with van der Waals surface area (Å²) < 4.78 is 11.5. The highest BCUT2D eigenvalue weighted by atomic mass is 32.2. The first-order chi connectivity index (χ1) is 20.6. The summed E-state index contributed by atoms with van der Waals surface area (Å²) >= 11 is 2.51. The minimum atomic E-state index is -1.32. The summed E-state index contributed by atoms with van der Waals surface area (Å²) in [6, 6.07) is 4.20. The number of hydrogen-bond donors (Lipinski definition) is 4. The van der Waals surface area contributed by atoms with Gasteiger partial charge in [0.25, 0.3) is 11.8 Å². The van der Waals surface area contributed by atoms with Crippen molar-refractivity contribution < 1.29 is 38.5 Å². The van der Waals surface area contributed by atoms with Crippen molar-refractivity contribution in [2.75, 3.05) is 18.1 Å². The molecule has 0 saturated carbocycles. The predicted octanol–water partition coefficient (Wildman–Crippen LogP) is -0.364. The summed E-state index contributed by atoms with van der Waals surface area (Å²) in [4.78, 5) is 64.4. The average molecular weight is 630 g/mol. The van der Waals surface area contributed by atoms with Gasteiger partial charge in [0.15, 0.2) is 6.61 Å². The van der Waals surface area contributed by atoms with Gasteiger partial charge in [0.2, 0.25) is 22.2 Å². The van der Waals surface area contributed by atoms with E-state index in [-0.39, 0.29) is 34.3 Å². The second-order valence-electron chi connectivity index (χ2n) is 9.19. The van der Waals surface area contributed by atoms with Crippen LogP contribution in [0.25, 0.3) is 0 Å². The Kier molecular flexibility index (Phi) is 8.67. The van der Waals surface area contributed by atoms with Gasteiger partial charge in [-0.1, -0.05) is 23.9 Å². The lowest BCUT2D eigenvalue weighted by atomic mass is 10.0. The van der Waals surface area contributed by atoms with Gasteiger partial charge in [-0.2, -0.15) is 0 Å². The number of aromatic nitrogens is 4. The number of carboxylic acids is 1. The summed E-state index contributed by atoms with van der Waals surface area (Å²) in [5, 5.41) is 35.7. The lowest BCUT2D eigenvalue weighted by Gasteiger charge is -2.49. The van der Waals surface area contributed by atoms with E-state index < -0.39 is 53.2 Å². The standard InChI is InChI=1S/C25H23N7O9S2/c1-31-25(28-29-30-31)43-11-13-10-42-23-19(22(37)32(23)20(13)24(38)39)27-21(36)18(12-2-4-14(33)5-3-12)26-17(35)9-41-16-8-40-7-6-15(16)34/h2-8,18-19,23,33H,9-11H2,1H3,(H,26,35)(H,27,36)(H,38,39)/t18-,19?,23-/m1/s1. The van der Waals surface area contributed by atoms with E-state index in [1.165, 1.54) is 52.5 Å². The molecule has 16 nitrogen and oxygen atoms in total. The number of aromatic hydroxyl groups is 1. The number of aliphatic carboxylic acids is 1. The molecule has 0 aliphatic carbocycles. The molecule has 3 aromatic rings. The molecule has 43 heavy (non-hydrogen) atoms. The molecule has 1 unspecified atom stereocenters. The zero-order valence-electron chi connectivity index (χ0n) is 22.2. The first kappa shape index (κ1) is 29.6. The Labute approximate surface area is 250 Å². The number of fused-ring (bicyclic) bond motifs is 1. The van der Waals surface area contributed by atoms with E-state index in [0.29, 0.717) is 10.7 Å². The minimum Gasteiger partial charge on any atom is -0.508 e. The number of hydrogen-bond acceptors (Lipinski definition) is 13. The summed E-state index contributed by atoms with van der Waals surface area (Å²) in [5.41, 5.74) is 0.118. The second-order valence-corrected chi connectivity index (χ2v) is 11.2. The van der Waals surface area contributed by atoms with Gasteiger partial charge >= 0.3 is 5.97 Å². The largest absolute Gasteiger partial charge is 0.508 e. The Morgan fingerprint density at radius 1 is 1.23 bits per heavy atom. The lowest BCUT2D eigenvalue weighted by molar-refractivity contribution is -0.151. The molecule has 2 aromatic heterocycles. The number of carbonyl (C=O) groups excluding carboxylic acids is 3. The summed E-state index contributed by atoms with van der Waals surface area (Å²) in [5.74, 6) is -3.19. The van der Waals surface area contributed by atoms with E-state index in [2.05, 4.69) is 26.2 Å². The number of amides is 3. The van der Waals surface area contributed by atoms with Gasteiger partial charge in [-0.25, -0.2) is 9.48 Å². The van der Waals surface area contributed by atoms with Gasteiger partial charge in [0, 0.05) is 24.6 Å². The Bertz CT molecular complexity index is 1660. The van der Waals surface area contributed by atoms with Crippen molar-refractivity contribution >= 4 is 47.2 Å². The summed E-state index contributed by atoms with van der Waals surface area (Å²) in [6.07, 6.45) is 2.19. The molecule has 18 heteroatoms. The molecule has 224 valence electrons. The Morgan fingerprint density at radius 2 is 2.00 bits per heavy atom. The number of benzene rings is 1. The number of tetrazole rings is 1. The van der Waals surface area contributed by atoms with Crippen molar-refractivity contribution in [3.8, 4) is 11.5 Å². The second kappa shape index (κ2) is 12.6. The first-order valence-electron chi connectivity index (χ1n) is 12.5. The molecule has 5 rings (SSSR count). The molecular formula is C25H23N7O9S2. The van der Waals surface area contributed by atoms with Gasteiger partial charge in [-0.3, -0.25) is 24.1 Å². The monoisotopic (exact) mass is 629 g/mol. The quantitative estimate of drug-likeness (QED) is 0.157. The SMILES string of the molecule is Cn1nnnc1SCC1=C(C(=O)O)N2C(=O)C(NC(=O)[C@H](NC(=O)COc3coccc3=O)c3ccc(O)cc3)[C@H]2SC1. The molecule has 1 saturated heterocycles. The smallest absolute Gasteiger partial charge is 0.352 e. The van der Waals surface area contributed by atoms with Gasteiger partial charge < -0.3 is 30.0 Å². The number of phenols is 1. The van der Waals surface area contributed by atoms with Gasteiger partial charge in [0.1, 0.15) is 35.2 Å². The highest BCUT2D eigenvalue weighted by molar-refractivity contribution is 8.01. The van der Waals surface area contributed by atoms with Crippen LogP contribution in [-0.2, 0) is 26.2 Å². The van der Waals surface area contributed by atoms with Crippen LogP contribution in [0.15, 0.2) is 68.5 Å². The maximum Gasteiger partial charge on any atom is 0.352 e. The van der Waals surface area contributed by atoms with Crippen molar-refractivity contribution in [1.82, 2.24) is 35.7 Å². The molecular weight excluding hydrogens is 606 g/mol. The number of thioether (sulfide) groups is 2. The molecule has 1 fully saturated rings. The molecule has 3 atom stereocenters. The summed E-state index contributed by atoms with van der Waals surface area (Å²) in [7, 11) is 1.65. The van der Waals surface area contributed by atoms with Crippen LogP contribution < -0.4 is 20.8 Å². The van der Waals surface area contributed by atoms with E-state index in [1.54, 1.807) is 7.05 Å². The fourth-order valence-electron chi connectivity index (χ4n) is 4.29. The summed E-state index contributed by atoms with van der Waals surface area (Å²) in [6.45, 7) is -0.622. The number of β-lactam (4-membered cyclic amide) rings is 1. The third-order valence-corrected chi connectivity index (χ3v) is 8.81. The number of rotatable bonds is 11. The Morgan fingerprint density at radius 3 is 2.67 bits per heavy atom. The number of carboxylic acid groups (broad SMARTS) is 1. The van der Waals surface area contributed by atoms with Crippen molar-refractivity contribution in [1.29, 1.82) is 0 Å². The van der Waals surface area contributed by atoms with Crippen LogP contribution >= 0.6 is 23.5 Å². The van der Waals surface area contributed by atoms with E-state index >= 15 is 0 Å². The fraction of sp³-hybridized carbons (Fsp3) is 0.280. The number of ether oxygens (including phenoxy) is 1. The molecule has 4 N–H and O–H groups in total. The van der Waals surface area contributed by atoms with Crippen LogP contribution in [0.3, 0.4) is 0 Å². The predicted molar refractivity (Wildman–Crippen MR) is 149 cm³/mol. The van der Waals surface area contributed by atoms with E-state index in [9.17, 15) is 34.2 Å². The maximum atomic E-state index is 13.4. The molecule has 0 bridgehead atoms. The van der Waals surface area contributed by atoms with Crippen LogP contribution in [0.2, 0.25) is 0 Å². The number of nitrogens with one attached hydrogen (secondary N) is 2. The first-order valence-corrected chi connectivity index (χ1v) is 14.5. The van der Waals surface area contributed by atoms with Crippen molar-refractivity contribution in [2.24, 2.45) is 7.05 Å². The molecule has 1 aromatic carbocycles. The zero-order chi connectivity index (χ0) is 30.7. The molecule has 2 aliphatic rings. The van der Waals surface area contributed by atoms with Crippen LogP contribution in [0, 0.1) is 0 Å². The number of aryl methyl sites for hydroxylation is 1. The fourth-order valence-corrected chi connectivity index (χ4v) is 6.62. The molecule has 3 amide bonds. The maximum absolute atomic E-state index is 13.4. The number of nitrogens with zero attached hydrogens (tertiary/aromatic N) is 5. The van der Waals surface area contributed by atoms with Crippen LogP contribution in [0.5, 0.6) is 11.5 Å². The topological polar surface area (TPSA) is 219 Å². The van der Waals surface area contributed by atoms with Crippen LogP contribution in [-0.4, -0.2) is 88.5 Å². The minimum absolute atomic E-state index is 0.0748. The van der Waals surface area contributed by atoms with E-state index in [4.69, 9.17) is 9.15 Å². The number of carbonyl (C=O) groups is 4. The highest BCUT2D eigenvalue weighted by Gasteiger charge is 2.54. The molecule has 0 spiro atoms. The van der Waals surface area contributed by atoms with E-state index in [0.717, 1.165) is 23.5 Å². The van der Waals surface area contributed by atoms with Crippen molar-refractivity contribution in [2.45, 2.75) is 22.6 Å². The molecule has 0 radical (unpaired) electrons. The number of phenolic OH excluding ortho intramolecular Hbond substituents is 1. The third-order valence-electron chi connectivity index (χ3n) is 6.37. The van der Waals surface area contributed by atoms with Gasteiger partial charge in [-0.15, -0.1) is 16.9 Å². The average Bonchev–Trinajstić information content (AvgIpc) is 3.41. The third kappa shape index (κ3) is 6.33. The van der Waals surface area contributed by atoms with Gasteiger partial charge in [-0.05, 0) is 33.7 Å². The molecule has 2 aliphatic heterocycles. The normalized spacial score (nSPS) is 18.3. The van der Waals surface area contributed by atoms with Crippen molar-refractivity contribution in [3.63, 3.8) is 0 Å². The molecule has 4 heterocycles. The van der Waals surface area contributed by atoms with Crippen molar-refractivity contribution in [3.05, 3.63) is 69.9 Å². The van der Waals surface area contributed by atoms with Crippen LogP contribution in [0.1, 0.15) is 11.6 Å². The van der Waals surface area contributed by atoms with E-state index in [1.807, 2.05) is 0 Å².